The number of hydrogen-bond donors (Lipinski definition) is 7. The molecule has 0 aromatic carbocycles. The Morgan fingerprint density at radius 1 is 1.06 bits per heavy atom. The van der Waals surface area contributed by atoms with Crippen molar-refractivity contribution in [3.63, 3.8) is 0 Å². The van der Waals surface area contributed by atoms with E-state index in [9.17, 15) is 35.7 Å². The molecule has 7 N–H and O–H groups in total. The molecule has 0 radical (unpaired) electrons. The van der Waals surface area contributed by atoms with E-state index in [1.165, 1.54) is 0 Å². The molecule has 0 spiro atoms. The molecule has 0 aromatic rings. The van der Waals surface area contributed by atoms with Gasteiger partial charge in [-0.1, -0.05) is 20.8 Å². The molecule has 2 heterocycles. The normalized spacial score (nSPS) is 47.1. The summed E-state index contributed by atoms with van der Waals surface area (Å²) in [5, 5.41) is 70.5. The van der Waals surface area contributed by atoms with Crippen LogP contribution in [0.4, 0.5) is 0 Å². The third-order valence-corrected chi connectivity index (χ3v) is 7.97. The molecule has 0 aromatic heterocycles. The summed E-state index contributed by atoms with van der Waals surface area (Å²) in [5.41, 5.74) is -1.92. The van der Waals surface area contributed by atoms with Crippen molar-refractivity contribution in [1.29, 1.82) is 0 Å². The summed E-state index contributed by atoms with van der Waals surface area (Å²) in [4.78, 5) is 0. The van der Waals surface area contributed by atoms with Crippen LogP contribution in [0, 0.1) is 17.3 Å². The van der Waals surface area contributed by atoms with Gasteiger partial charge in [0.15, 0.2) is 12.6 Å². The van der Waals surface area contributed by atoms with Gasteiger partial charge in [-0.2, -0.15) is 0 Å². The van der Waals surface area contributed by atoms with Crippen LogP contribution in [-0.4, -0.2) is 116 Å². The van der Waals surface area contributed by atoms with E-state index in [0.29, 0.717) is 18.3 Å². The van der Waals surface area contributed by atoms with Crippen LogP contribution in [0.5, 0.6) is 0 Å². The molecular weight excluding hydrogens is 464 g/mol. The van der Waals surface area contributed by atoms with Crippen LogP contribution in [0.3, 0.4) is 0 Å². The Labute approximate surface area is 206 Å². The molecule has 11 nitrogen and oxygen atoms in total. The molecule has 2 aliphatic heterocycles. The van der Waals surface area contributed by atoms with E-state index in [4.69, 9.17) is 18.9 Å². The molecule has 3 rings (SSSR count). The predicted octanol–water partition coefficient (Wildman–Crippen LogP) is -1.13. The summed E-state index contributed by atoms with van der Waals surface area (Å²) in [6.45, 7) is 6.91. The summed E-state index contributed by atoms with van der Waals surface area (Å²) < 4.78 is 22.5. The largest absolute Gasteiger partial charge is 0.393 e. The van der Waals surface area contributed by atoms with E-state index in [1.807, 2.05) is 0 Å². The summed E-state index contributed by atoms with van der Waals surface area (Å²) in [7, 11) is 0. The first kappa shape index (κ1) is 29.1. The average Bonchev–Trinajstić information content (AvgIpc) is 3.06. The fourth-order valence-electron chi connectivity index (χ4n) is 5.85. The first-order chi connectivity index (χ1) is 16.3. The maximum atomic E-state index is 10.5. The van der Waals surface area contributed by atoms with Crippen LogP contribution in [-0.2, 0) is 18.9 Å². The van der Waals surface area contributed by atoms with Crippen molar-refractivity contribution in [3.8, 4) is 0 Å². The van der Waals surface area contributed by atoms with E-state index in [-0.39, 0.29) is 30.8 Å². The van der Waals surface area contributed by atoms with Crippen LogP contribution in [0.1, 0.15) is 53.4 Å². The van der Waals surface area contributed by atoms with Crippen LogP contribution >= 0.6 is 0 Å². The second-order valence-electron chi connectivity index (χ2n) is 11.4. The third-order valence-electron chi connectivity index (χ3n) is 7.97. The van der Waals surface area contributed by atoms with Gasteiger partial charge in [-0.05, 0) is 49.9 Å². The lowest BCUT2D eigenvalue weighted by molar-refractivity contribution is -0.323. The summed E-state index contributed by atoms with van der Waals surface area (Å²) in [5.74, 6) is 0.710. The Kier molecular flexibility index (Phi) is 9.59. The fourth-order valence-corrected chi connectivity index (χ4v) is 5.85. The SMILES string of the molecule is C[C@H](O)CC[C@H]1[C@H](C)C[C@H](O[C@@H]2O[C@H](CO[C@@H]3OC[C@](O)(CO)[C@H]3O)[C@@H](O)[C@H](O)[C@H]2O)CC1(C)C. The van der Waals surface area contributed by atoms with Crippen LogP contribution in [0.25, 0.3) is 0 Å². The Morgan fingerprint density at radius 3 is 2.31 bits per heavy atom. The smallest absolute Gasteiger partial charge is 0.186 e. The molecule has 35 heavy (non-hydrogen) atoms. The van der Waals surface area contributed by atoms with Crippen molar-refractivity contribution < 1.29 is 54.7 Å². The number of hydrogen-bond acceptors (Lipinski definition) is 11. The Hall–Kier alpha value is -0.440. The molecule has 1 aliphatic carbocycles. The zero-order valence-corrected chi connectivity index (χ0v) is 21.1. The highest BCUT2D eigenvalue weighted by Gasteiger charge is 2.51. The van der Waals surface area contributed by atoms with Crippen molar-refractivity contribution in [2.24, 2.45) is 17.3 Å². The van der Waals surface area contributed by atoms with Crippen molar-refractivity contribution >= 4 is 0 Å². The van der Waals surface area contributed by atoms with E-state index >= 15 is 0 Å². The second-order valence-corrected chi connectivity index (χ2v) is 11.4. The highest BCUT2D eigenvalue weighted by Crippen LogP contribution is 2.47. The van der Waals surface area contributed by atoms with Gasteiger partial charge in [0, 0.05) is 0 Å². The van der Waals surface area contributed by atoms with Crippen molar-refractivity contribution in [2.45, 2.75) is 114 Å². The van der Waals surface area contributed by atoms with Gasteiger partial charge in [-0.3, -0.25) is 0 Å². The molecule has 0 unspecified atom stereocenters. The summed E-state index contributed by atoms with van der Waals surface area (Å²) >= 11 is 0. The highest BCUT2D eigenvalue weighted by molar-refractivity contribution is 4.95. The van der Waals surface area contributed by atoms with Gasteiger partial charge in [0.2, 0.25) is 0 Å². The third kappa shape index (κ3) is 6.53. The average molecular weight is 509 g/mol. The molecular formula is C24H44O11. The Balaban J connectivity index is 1.59. The molecule has 3 aliphatic rings. The van der Waals surface area contributed by atoms with Gasteiger partial charge in [-0.25, -0.2) is 0 Å². The lowest BCUT2D eigenvalue weighted by Crippen LogP contribution is -2.60. The van der Waals surface area contributed by atoms with Crippen LogP contribution in [0.2, 0.25) is 0 Å². The van der Waals surface area contributed by atoms with Gasteiger partial charge in [0.05, 0.1) is 32.0 Å². The van der Waals surface area contributed by atoms with Crippen molar-refractivity contribution in [2.75, 3.05) is 19.8 Å². The zero-order chi connectivity index (χ0) is 26.1. The van der Waals surface area contributed by atoms with E-state index in [2.05, 4.69) is 20.8 Å². The molecule has 11 heteroatoms. The maximum absolute atomic E-state index is 10.5. The van der Waals surface area contributed by atoms with Crippen LogP contribution < -0.4 is 0 Å². The second kappa shape index (κ2) is 11.5. The number of ether oxygens (including phenoxy) is 4. The highest BCUT2D eigenvalue weighted by atomic mass is 16.7. The summed E-state index contributed by atoms with van der Waals surface area (Å²) in [6, 6.07) is 0. The predicted molar refractivity (Wildman–Crippen MR) is 122 cm³/mol. The Bertz CT molecular complexity index is 676. The molecule has 3 fully saturated rings. The molecule has 12 atom stereocenters. The first-order valence-corrected chi connectivity index (χ1v) is 12.6. The topological polar surface area (TPSA) is 179 Å². The lowest BCUT2D eigenvalue weighted by Gasteiger charge is -2.48. The van der Waals surface area contributed by atoms with Crippen molar-refractivity contribution in [3.05, 3.63) is 0 Å². The molecule has 1 saturated carbocycles. The quantitative estimate of drug-likeness (QED) is 0.200. The minimum Gasteiger partial charge on any atom is -0.393 e. The monoisotopic (exact) mass is 508 g/mol. The van der Waals surface area contributed by atoms with Gasteiger partial charge in [0.1, 0.15) is 36.1 Å². The van der Waals surface area contributed by atoms with E-state index in [0.717, 1.165) is 19.3 Å². The molecule has 206 valence electrons. The number of aliphatic hydroxyl groups excluding tert-OH is 6. The van der Waals surface area contributed by atoms with E-state index in [1.54, 1.807) is 6.92 Å². The molecule has 0 amide bonds. The van der Waals surface area contributed by atoms with E-state index < -0.39 is 55.3 Å². The standard InChI is InChI=1S/C24H44O11/c1-12-7-14(8-23(3,4)15(12)6-5-13(2)26)34-21-19(29)18(28)17(27)16(35-21)9-32-22-20(30)24(31,10-25)11-33-22/h12-22,25-31H,5-11H2,1-4H3/t12-,13+,14+,15+,16-,17-,18+,19-,20+,21-,22-,24-/m1/s1. The fraction of sp³-hybridized carbons (Fsp3) is 1.00. The number of rotatable bonds is 9. The van der Waals surface area contributed by atoms with Gasteiger partial charge < -0.3 is 54.7 Å². The first-order valence-electron chi connectivity index (χ1n) is 12.6. The lowest BCUT2D eigenvalue weighted by atomic mass is 9.61. The summed E-state index contributed by atoms with van der Waals surface area (Å²) in [6.07, 6.45) is -7.08. The minimum absolute atomic E-state index is 0.0725. The minimum atomic E-state index is -1.85. The van der Waals surface area contributed by atoms with Gasteiger partial charge >= 0.3 is 0 Å². The van der Waals surface area contributed by atoms with Gasteiger partial charge in [-0.15, -0.1) is 0 Å². The zero-order valence-electron chi connectivity index (χ0n) is 21.1. The van der Waals surface area contributed by atoms with Crippen LogP contribution in [0.15, 0.2) is 0 Å². The molecule has 0 bridgehead atoms. The Morgan fingerprint density at radius 2 is 1.74 bits per heavy atom. The molecule has 2 saturated heterocycles. The maximum Gasteiger partial charge on any atom is 0.186 e. The van der Waals surface area contributed by atoms with Gasteiger partial charge in [0.25, 0.3) is 0 Å². The van der Waals surface area contributed by atoms with Crippen molar-refractivity contribution in [1.82, 2.24) is 0 Å². The number of aliphatic hydroxyl groups is 7.